The SMILES string of the molecule is CCC(C)(C1CCC(=O)CC1)C1CCC(=O)CC1. The largest absolute Gasteiger partial charge is 0.300 e. The van der Waals surface area contributed by atoms with Gasteiger partial charge in [0, 0.05) is 25.7 Å². The lowest BCUT2D eigenvalue weighted by molar-refractivity contribution is -0.123. The van der Waals surface area contributed by atoms with Crippen molar-refractivity contribution < 1.29 is 9.59 Å². The van der Waals surface area contributed by atoms with Gasteiger partial charge in [-0.1, -0.05) is 20.3 Å². The molecule has 0 heterocycles. The van der Waals surface area contributed by atoms with Gasteiger partial charge in [0.2, 0.25) is 0 Å². The van der Waals surface area contributed by atoms with Crippen molar-refractivity contribution >= 4 is 11.6 Å². The van der Waals surface area contributed by atoms with Crippen molar-refractivity contribution in [2.24, 2.45) is 17.3 Å². The van der Waals surface area contributed by atoms with Crippen LogP contribution in [-0.4, -0.2) is 11.6 Å². The summed E-state index contributed by atoms with van der Waals surface area (Å²) in [5.41, 5.74) is 0.349. The van der Waals surface area contributed by atoms with E-state index >= 15 is 0 Å². The van der Waals surface area contributed by atoms with Gasteiger partial charge in [-0.15, -0.1) is 0 Å². The first-order chi connectivity index (χ1) is 8.56. The molecule has 2 aliphatic carbocycles. The van der Waals surface area contributed by atoms with Crippen molar-refractivity contribution in [2.45, 2.75) is 71.6 Å². The van der Waals surface area contributed by atoms with Gasteiger partial charge in [-0.2, -0.15) is 0 Å². The van der Waals surface area contributed by atoms with E-state index < -0.39 is 0 Å². The Hall–Kier alpha value is -0.660. The van der Waals surface area contributed by atoms with Gasteiger partial charge in [0.1, 0.15) is 11.6 Å². The minimum absolute atomic E-state index is 0.349. The highest BCUT2D eigenvalue weighted by molar-refractivity contribution is 5.79. The highest BCUT2D eigenvalue weighted by Gasteiger charge is 2.42. The summed E-state index contributed by atoms with van der Waals surface area (Å²) in [7, 11) is 0. The number of rotatable bonds is 3. The molecule has 0 radical (unpaired) electrons. The highest BCUT2D eigenvalue weighted by Crippen LogP contribution is 2.49. The summed E-state index contributed by atoms with van der Waals surface area (Å²) < 4.78 is 0. The van der Waals surface area contributed by atoms with E-state index in [9.17, 15) is 9.59 Å². The van der Waals surface area contributed by atoms with E-state index in [2.05, 4.69) is 13.8 Å². The zero-order chi connectivity index (χ0) is 13.2. The Morgan fingerprint density at radius 2 is 1.22 bits per heavy atom. The number of Topliss-reactive ketones (excluding diaryl/α,β-unsaturated/α-hetero) is 2. The minimum Gasteiger partial charge on any atom is -0.300 e. The second-order valence-electron chi connectivity index (χ2n) is 6.49. The van der Waals surface area contributed by atoms with E-state index in [4.69, 9.17) is 0 Å². The quantitative estimate of drug-likeness (QED) is 0.760. The van der Waals surface area contributed by atoms with Crippen molar-refractivity contribution in [3.63, 3.8) is 0 Å². The molecule has 0 aromatic rings. The fourth-order valence-electron chi connectivity index (χ4n) is 4.11. The second kappa shape index (κ2) is 5.54. The number of carbonyl (C=O) groups excluding carboxylic acids is 2. The average Bonchev–Trinajstić information content (AvgIpc) is 2.39. The molecule has 0 aliphatic heterocycles. The predicted molar refractivity (Wildman–Crippen MR) is 72.3 cm³/mol. The summed E-state index contributed by atoms with van der Waals surface area (Å²) in [6.45, 7) is 4.70. The lowest BCUT2D eigenvalue weighted by Gasteiger charge is -2.46. The predicted octanol–water partition coefficient (Wildman–Crippen LogP) is 3.92. The van der Waals surface area contributed by atoms with Gasteiger partial charge in [-0.3, -0.25) is 9.59 Å². The third-order valence-corrected chi connectivity index (χ3v) is 5.71. The van der Waals surface area contributed by atoms with Crippen LogP contribution in [0.5, 0.6) is 0 Å². The summed E-state index contributed by atoms with van der Waals surface area (Å²) in [6.07, 6.45) is 8.63. The second-order valence-corrected chi connectivity index (χ2v) is 6.49. The fourth-order valence-corrected chi connectivity index (χ4v) is 4.11. The van der Waals surface area contributed by atoms with Crippen LogP contribution in [0, 0.1) is 17.3 Å². The van der Waals surface area contributed by atoms with E-state index in [1.54, 1.807) is 0 Å². The van der Waals surface area contributed by atoms with E-state index in [1.807, 2.05) is 0 Å². The van der Waals surface area contributed by atoms with Crippen molar-refractivity contribution in [3.05, 3.63) is 0 Å². The maximum atomic E-state index is 11.4. The summed E-state index contributed by atoms with van der Waals surface area (Å²) in [5.74, 6) is 2.28. The molecule has 18 heavy (non-hydrogen) atoms. The normalized spacial score (nSPS) is 24.6. The summed E-state index contributed by atoms with van der Waals surface area (Å²) in [6, 6.07) is 0. The van der Waals surface area contributed by atoms with Crippen LogP contribution in [0.2, 0.25) is 0 Å². The van der Waals surface area contributed by atoms with Gasteiger partial charge in [0.15, 0.2) is 0 Å². The van der Waals surface area contributed by atoms with Crippen LogP contribution in [0.15, 0.2) is 0 Å². The smallest absolute Gasteiger partial charge is 0.132 e. The van der Waals surface area contributed by atoms with E-state index in [1.165, 1.54) is 6.42 Å². The average molecular weight is 250 g/mol. The zero-order valence-electron chi connectivity index (χ0n) is 11.8. The van der Waals surface area contributed by atoms with E-state index in [0.717, 1.165) is 51.4 Å². The zero-order valence-corrected chi connectivity index (χ0v) is 11.8. The summed E-state index contributed by atoms with van der Waals surface area (Å²) in [4.78, 5) is 22.8. The molecule has 2 nitrogen and oxygen atoms in total. The molecule has 0 bridgehead atoms. The first kappa shape index (κ1) is 13.8. The molecule has 2 fully saturated rings. The number of carbonyl (C=O) groups is 2. The Bertz CT molecular complexity index is 284. The Kier molecular flexibility index (Phi) is 4.24. The molecular formula is C16H26O2. The van der Waals surface area contributed by atoms with Crippen LogP contribution in [0.4, 0.5) is 0 Å². The Balaban J connectivity index is 2.04. The highest BCUT2D eigenvalue weighted by atomic mass is 16.1. The van der Waals surface area contributed by atoms with Gasteiger partial charge in [0.05, 0.1) is 0 Å². The Labute approximate surface area is 111 Å². The van der Waals surface area contributed by atoms with E-state index in [0.29, 0.717) is 28.8 Å². The maximum Gasteiger partial charge on any atom is 0.132 e. The van der Waals surface area contributed by atoms with Crippen LogP contribution in [0.25, 0.3) is 0 Å². The van der Waals surface area contributed by atoms with Crippen molar-refractivity contribution in [1.29, 1.82) is 0 Å². The van der Waals surface area contributed by atoms with E-state index in [-0.39, 0.29) is 0 Å². The number of ketones is 2. The van der Waals surface area contributed by atoms with Crippen LogP contribution < -0.4 is 0 Å². The molecule has 2 aliphatic rings. The maximum absolute atomic E-state index is 11.4. The lowest BCUT2D eigenvalue weighted by atomic mass is 9.58. The third-order valence-electron chi connectivity index (χ3n) is 5.71. The standard InChI is InChI=1S/C16H26O2/c1-3-16(2,12-4-8-14(17)9-5-12)13-6-10-15(18)11-7-13/h12-13H,3-11H2,1-2H3. The molecule has 2 saturated carbocycles. The van der Waals surface area contributed by atoms with Crippen LogP contribution in [0.1, 0.15) is 71.6 Å². The van der Waals surface area contributed by atoms with Crippen molar-refractivity contribution in [2.75, 3.05) is 0 Å². The molecule has 0 saturated heterocycles. The first-order valence-corrected chi connectivity index (χ1v) is 7.59. The van der Waals surface area contributed by atoms with Gasteiger partial charge >= 0.3 is 0 Å². The topological polar surface area (TPSA) is 34.1 Å². The molecule has 0 spiro atoms. The molecule has 2 heteroatoms. The van der Waals surface area contributed by atoms with Crippen molar-refractivity contribution in [3.8, 4) is 0 Å². The molecule has 0 N–H and O–H groups in total. The molecule has 102 valence electrons. The molecule has 0 atom stereocenters. The molecule has 0 aromatic heterocycles. The van der Waals surface area contributed by atoms with Crippen molar-refractivity contribution in [1.82, 2.24) is 0 Å². The molecule has 2 rings (SSSR count). The molecule has 0 aromatic carbocycles. The van der Waals surface area contributed by atoms with Gasteiger partial charge in [0.25, 0.3) is 0 Å². The number of hydrogen-bond donors (Lipinski definition) is 0. The van der Waals surface area contributed by atoms with Gasteiger partial charge in [-0.05, 0) is 42.9 Å². The Morgan fingerprint density at radius 3 is 1.50 bits per heavy atom. The fraction of sp³-hybridized carbons (Fsp3) is 0.875. The first-order valence-electron chi connectivity index (χ1n) is 7.59. The molecule has 0 unspecified atom stereocenters. The molecular weight excluding hydrogens is 224 g/mol. The summed E-state index contributed by atoms with van der Waals surface area (Å²) in [5, 5.41) is 0. The Morgan fingerprint density at radius 1 is 0.889 bits per heavy atom. The minimum atomic E-state index is 0.349. The number of hydrogen-bond acceptors (Lipinski definition) is 2. The molecule has 0 amide bonds. The van der Waals surface area contributed by atoms with Crippen LogP contribution >= 0.6 is 0 Å². The van der Waals surface area contributed by atoms with Crippen LogP contribution in [-0.2, 0) is 9.59 Å². The lowest BCUT2D eigenvalue weighted by Crippen LogP contribution is -2.39. The summed E-state index contributed by atoms with van der Waals surface area (Å²) >= 11 is 0. The monoisotopic (exact) mass is 250 g/mol. The third kappa shape index (κ3) is 2.67. The van der Waals surface area contributed by atoms with Gasteiger partial charge in [-0.25, -0.2) is 0 Å². The van der Waals surface area contributed by atoms with Gasteiger partial charge < -0.3 is 0 Å². The van der Waals surface area contributed by atoms with Crippen LogP contribution in [0.3, 0.4) is 0 Å².